The van der Waals surface area contributed by atoms with Crippen LogP contribution in [0.5, 0.6) is 0 Å². The molecule has 0 unspecified atom stereocenters. The van der Waals surface area contributed by atoms with Crippen molar-refractivity contribution in [1.29, 1.82) is 0 Å². The van der Waals surface area contributed by atoms with Crippen LogP contribution in [0, 0.1) is 0 Å². The van der Waals surface area contributed by atoms with Crippen LogP contribution >= 0.6 is 0 Å². The van der Waals surface area contributed by atoms with Crippen LogP contribution in [0.15, 0.2) is 61.2 Å². The molecule has 0 amide bonds. The second-order valence-electron chi connectivity index (χ2n) is 6.98. The molecule has 0 bridgehead atoms. The highest BCUT2D eigenvalue weighted by atomic mass is 19.4. The number of alkyl halides is 3. The Balaban J connectivity index is 2.22. The fourth-order valence-corrected chi connectivity index (χ4v) is 3.01. The normalized spacial score (nSPS) is 12.0. The summed E-state index contributed by atoms with van der Waals surface area (Å²) in [5, 5.41) is 0. The Labute approximate surface area is 159 Å². The topological polar surface area (TPSA) is 6.48 Å². The van der Waals surface area contributed by atoms with Crippen molar-refractivity contribution in [3.63, 3.8) is 0 Å². The molecule has 0 radical (unpaired) electrons. The summed E-state index contributed by atoms with van der Waals surface area (Å²) < 4.78 is 40.0. The van der Waals surface area contributed by atoms with Gasteiger partial charge in [0.05, 0.1) is 5.56 Å². The van der Waals surface area contributed by atoms with E-state index in [0.29, 0.717) is 18.7 Å². The molecule has 0 fully saturated rings. The molecule has 0 spiro atoms. The van der Waals surface area contributed by atoms with Crippen molar-refractivity contribution < 1.29 is 13.2 Å². The Morgan fingerprint density at radius 1 is 0.926 bits per heavy atom. The molecule has 0 heterocycles. The van der Waals surface area contributed by atoms with Gasteiger partial charge in [0.25, 0.3) is 0 Å². The number of rotatable bonds is 9. The first-order valence-electron chi connectivity index (χ1n) is 9.00. The van der Waals surface area contributed by atoms with Crippen LogP contribution in [-0.4, -0.2) is 37.0 Å². The van der Waals surface area contributed by atoms with Crippen LogP contribution in [-0.2, 0) is 25.7 Å². The Kier molecular flexibility index (Phi) is 7.63. The number of allylic oxidation sites excluding steroid dienone is 1. The van der Waals surface area contributed by atoms with Crippen molar-refractivity contribution >= 4 is 0 Å². The lowest BCUT2D eigenvalue weighted by Crippen LogP contribution is -2.31. The molecule has 2 aromatic carbocycles. The average molecular weight is 376 g/mol. The highest BCUT2D eigenvalue weighted by Crippen LogP contribution is 2.32. The summed E-state index contributed by atoms with van der Waals surface area (Å²) in [4.78, 5) is 4.11. The van der Waals surface area contributed by atoms with E-state index in [1.165, 1.54) is 6.07 Å². The number of hydrogen-bond acceptors (Lipinski definition) is 2. The molecule has 0 N–H and O–H groups in total. The van der Waals surface area contributed by atoms with Gasteiger partial charge < -0.3 is 4.90 Å². The lowest BCUT2D eigenvalue weighted by molar-refractivity contribution is -0.138. The predicted octanol–water partition coefficient (Wildman–Crippen LogP) is 5.00. The number of likely N-dealkylation sites (N-methyl/N-ethyl adjacent to an activating group) is 1. The minimum absolute atomic E-state index is 0.259. The Morgan fingerprint density at radius 3 is 2.30 bits per heavy atom. The van der Waals surface area contributed by atoms with Gasteiger partial charge in [0.2, 0.25) is 0 Å². The lowest BCUT2D eigenvalue weighted by atomic mass is 10.0. The van der Waals surface area contributed by atoms with Gasteiger partial charge in [-0.25, -0.2) is 0 Å². The monoisotopic (exact) mass is 376 g/mol. The van der Waals surface area contributed by atoms with Crippen molar-refractivity contribution in [2.45, 2.75) is 25.7 Å². The van der Waals surface area contributed by atoms with E-state index in [4.69, 9.17) is 0 Å². The molecule has 2 rings (SSSR count). The van der Waals surface area contributed by atoms with E-state index in [2.05, 4.69) is 17.5 Å². The second-order valence-corrected chi connectivity index (χ2v) is 6.98. The molecule has 2 nitrogen and oxygen atoms in total. The van der Waals surface area contributed by atoms with Gasteiger partial charge in [-0.15, -0.1) is 6.58 Å². The molecule has 0 saturated heterocycles. The Bertz CT molecular complexity index is 738. The molecule has 0 aromatic heterocycles. The zero-order valence-electron chi connectivity index (χ0n) is 16.0. The number of hydrogen-bond donors (Lipinski definition) is 0. The summed E-state index contributed by atoms with van der Waals surface area (Å²) >= 11 is 0. The SMILES string of the molecule is C=CCc1cccc(CN(CCN(C)C)Cc2ccccc2C(F)(F)F)c1. The third-order valence-corrected chi connectivity index (χ3v) is 4.36. The standard InChI is InChI=1S/C22H27F3N2/c1-4-8-18-9-7-10-19(15-18)16-27(14-13-26(2)3)17-20-11-5-6-12-21(20)22(23,24)25/h4-7,9-12,15H,1,8,13-14,16-17H2,2-3H3. The maximum atomic E-state index is 13.3. The van der Waals surface area contributed by atoms with Crippen molar-refractivity contribution in [2.24, 2.45) is 0 Å². The van der Waals surface area contributed by atoms with Crippen LogP contribution in [0.25, 0.3) is 0 Å². The molecule has 0 aliphatic rings. The van der Waals surface area contributed by atoms with Gasteiger partial charge in [-0.05, 0) is 43.3 Å². The van der Waals surface area contributed by atoms with Gasteiger partial charge in [0.15, 0.2) is 0 Å². The van der Waals surface area contributed by atoms with Gasteiger partial charge in [-0.1, -0.05) is 48.5 Å². The highest BCUT2D eigenvalue weighted by Gasteiger charge is 2.33. The third-order valence-electron chi connectivity index (χ3n) is 4.36. The molecule has 0 aliphatic heterocycles. The fraction of sp³-hybridized carbons (Fsp3) is 0.364. The van der Waals surface area contributed by atoms with Crippen molar-refractivity contribution in [1.82, 2.24) is 9.80 Å². The molecule has 27 heavy (non-hydrogen) atoms. The Morgan fingerprint density at radius 2 is 1.63 bits per heavy atom. The van der Waals surface area contributed by atoms with Crippen LogP contribution < -0.4 is 0 Å². The van der Waals surface area contributed by atoms with Crippen molar-refractivity contribution in [2.75, 3.05) is 27.2 Å². The van der Waals surface area contributed by atoms with Gasteiger partial charge in [0, 0.05) is 26.2 Å². The molecular formula is C22H27F3N2. The van der Waals surface area contributed by atoms with E-state index in [1.807, 2.05) is 43.3 Å². The van der Waals surface area contributed by atoms with Gasteiger partial charge in [0.1, 0.15) is 0 Å². The molecular weight excluding hydrogens is 349 g/mol. The maximum absolute atomic E-state index is 13.3. The average Bonchev–Trinajstić information content (AvgIpc) is 2.60. The summed E-state index contributed by atoms with van der Waals surface area (Å²) in [6.07, 6.45) is -1.71. The molecule has 0 saturated carbocycles. The first kappa shape index (κ1) is 21.2. The molecule has 146 valence electrons. The van der Waals surface area contributed by atoms with E-state index < -0.39 is 11.7 Å². The summed E-state index contributed by atoms with van der Waals surface area (Å²) in [7, 11) is 3.93. The molecule has 0 aliphatic carbocycles. The zero-order valence-corrected chi connectivity index (χ0v) is 16.0. The summed E-state index contributed by atoms with van der Waals surface area (Å²) in [6.45, 7) is 6.09. The summed E-state index contributed by atoms with van der Waals surface area (Å²) in [5.74, 6) is 0. The Hall–Kier alpha value is -2.11. The third kappa shape index (κ3) is 6.85. The fourth-order valence-electron chi connectivity index (χ4n) is 3.01. The molecule has 5 heteroatoms. The lowest BCUT2D eigenvalue weighted by Gasteiger charge is -2.26. The smallest absolute Gasteiger partial charge is 0.308 e. The number of nitrogens with zero attached hydrogens (tertiary/aromatic N) is 2. The van der Waals surface area contributed by atoms with Gasteiger partial charge >= 0.3 is 6.18 Å². The van der Waals surface area contributed by atoms with Crippen LogP contribution in [0.2, 0.25) is 0 Å². The molecule has 2 aromatic rings. The van der Waals surface area contributed by atoms with Crippen molar-refractivity contribution in [3.8, 4) is 0 Å². The minimum atomic E-state index is -4.34. The van der Waals surface area contributed by atoms with Gasteiger partial charge in [-0.3, -0.25) is 4.90 Å². The van der Waals surface area contributed by atoms with E-state index in [9.17, 15) is 13.2 Å². The quantitative estimate of drug-likeness (QED) is 0.569. The van der Waals surface area contributed by atoms with E-state index in [0.717, 1.165) is 30.2 Å². The maximum Gasteiger partial charge on any atom is 0.416 e. The minimum Gasteiger partial charge on any atom is -0.308 e. The van der Waals surface area contributed by atoms with Crippen LogP contribution in [0.3, 0.4) is 0 Å². The van der Waals surface area contributed by atoms with E-state index >= 15 is 0 Å². The highest BCUT2D eigenvalue weighted by molar-refractivity contribution is 5.30. The van der Waals surface area contributed by atoms with Gasteiger partial charge in [-0.2, -0.15) is 13.2 Å². The van der Waals surface area contributed by atoms with E-state index in [1.54, 1.807) is 12.1 Å². The molecule has 0 atom stereocenters. The predicted molar refractivity (Wildman–Crippen MR) is 104 cm³/mol. The largest absolute Gasteiger partial charge is 0.416 e. The first-order chi connectivity index (χ1) is 12.8. The number of benzene rings is 2. The summed E-state index contributed by atoms with van der Waals surface area (Å²) in [6, 6.07) is 14.0. The van der Waals surface area contributed by atoms with Crippen LogP contribution in [0.4, 0.5) is 13.2 Å². The first-order valence-corrected chi connectivity index (χ1v) is 9.00. The summed E-state index contributed by atoms with van der Waals surface area (Å²) in [5.41, 5.74) is 2.01. The second kappa shape index (κ2) is 9.72. The van der Waals surface area contributed by atoms with E-state index in [-0.39, 0.29) is 6.54 Å². The number of halogens is 3. The zero-order chi connectivity index (χ0) is 19.9. The van der Waals surface area contributed by atoms with Crippen LogP contribution in [0.1, 0.15) is 22.3 Å². The van der Waals surface area contributed by atoms with Crippen molar-refractivity contribution in [3.05, 3.63) is 83.4 Å².